The largest absolute Gasteiger partial charge is 0.495 e. The molecule has 0 aromatic heterocycles. The Balaban J connectivity index is 2.09. The molecule has 0 aliphatic heterocycles. The number of ether oxygens (including phenoxy) is 2. The van der Waals surface area contributed by atoms with Crippen molar-refractivity contribution in [3.8, 4) is 11.5 Å². The first-order valence-electron chi connectivity index (χ1n) is 11.4. The number of rotatable bonds is 9. The molecule has 9 heteroatoms. The van der Waals surface area contributed by atoms with E-state index in [4.69, 9.17) is 21.1 Å². The van der Waals surface area contributed by atoms with Crippen molar-refractivity contribution < 1.29 is 22.7 Å². The number of para-hydroxylation sites is 1. The van der Waals surface area contributed by atoms with Crippen molar-refractivity contribution in [2.75, 3.05) is 30.4 Å². The Kier molecular flexibility index (Phi) is 8.53. The first kappa shape index (κ1) is 27.4. The lowest BCUT2D eigenvalue weighted by Gasteiger charge is -2.26. The molecular weight excluding hydrogens is 500 g/mol. The van der Waals surface area contributed by atoms with E-state index < -0.39 is 22.5 Å². The summed E-state index contributed by atoms with van der Waals surface area (Å²) in [7, 11) is -1.36. The van der Waals surface area contributed by atoms with Gasteiger partial charge in [-0.3, -0.25) is 9.10 Å². The number of nitrogens with zero attached hydrogens (tertiary/aromatic N) is 1. The average molecular weight is 531 g/mol. The number of methoxy groups -OCH3 is 2. The Morgan fingerprint density at radius 2 is 1.67 bits per heavy atom. The van der Waals surface area contributed by atoms with E-state index in [9.17, 15) is 13.2 Å². The molecule has 3 aromatic rings. The van der Waals surface area contributed by atoms with E-state index in [-0.39, 0.29) is 27.3 Å². The number of halogens is 1. The van der Waals surface area contributed by atoms with Crippen molar-refractivity contribution in [3.63, 3.8) is 0 Å². The Labute approximate surface area is 218 Å². The SMILES string of the molecule is COc1ccc(N(CC(=O)Nc2c(C)cccc2C(C)C)S(=O)(=O)c2cc(C)ccc2OC)cc1Cl. The zero-order valence-corrected chi connectivity index (χ0v) is 22.8. The van der Waals surface area contributed by atoms with Gasteiger partial charge in [0.25, 0.3) is 10.0 Å². The van der Waals surface area contributed by atoms with E-state index in [1.54, 1.807) is 31.2 Å². The molecule has 0 aliphatic rings. The molecule has 0 radical (unpaired) electrons. The second-order valence-electron chi connectivity index (χ2n) is 8.73. The van der Waals surface area contributed by atoms with Crippen LogP contribution in [0, 0.1) is 13.8 Å². The minimum absolute atomic E-state index is 0.0523. The van der Waals surface area contributed by atoms with Gasteiger partial charge in [-0.2, -0.15) is 0 Å². The number of anilines is 2. The van der Waals surface area contributed by atoms with Gasteiger partial charge in [-0.25, -0.2) is 8.42 Å². The maximum atomic E-state index is 14.0. The van der Waals surface area contributed by atoms with E-state index in [0.717, 1.165) is 21.0 Å². The molecule has 7 nitrogen and oxygen atoms in total. The highest BCUT2D eigenvalue weighted by atomic mass is 35.5. The van der Waals surface area contributed by atoms with Gasteiger partial charge in [0.15, 0.2) is 0 Å². The molecule has 0 saturated heterocycles. The van der Waals surface area contributed by atoms with Gasteiger partial charge >= 0.3 is 0 Å². The number of amides is 1. The number of sulfonamides is 1. The van der Waals surface area contributed by atoms with Crippen molar-refractivity contribution >= 4 is 38.9 Å². The molecular formula is C27H31ClN2O5S. The van der Waals surface area contributed by atoms with Crippen LogP contribution in [0.2, 0.25) is 5.02 Å². The van der Waals surface area contributed by atoms with Crippen molar-refractivity contribution in [2.45, 2.75) is 38.5 Å². The number of aryl methyl sites for hydroxylation is 2. The number of benzene rings is 3. The van der Waals surface area contributed by atoms with Crippen LogP contribution in [0.25, 0.3) is 0 Å². The molecule has 192 valence electrons. The smallest absolute Gasteiger partial charge is 0.268 e. The van der Waals surface area contributed by atoms with E-state index in [0.29, 0.717) is 11.4 Å². The minimum Gasteiger partial charge on any atom is -0.495 e. The van der Waals surface area contributed by atoms with Crippen LogP contribution in [-0.4, -0.2) is 35.1 Å². The molecule has 1 amide bonds. The summed E-state index contributed by atoms with van der Waals surface area (Å²) in [4.78, 5) is 13.3. The number of hydrogen-bond donors (Lipinski definition) is 1. The third-order valence-corrected chi connectivity index (χ3v) is 7.88. The number of nitrogens with one attached hydrogen (secondary N) is 1. The Bertz CT molecular complexity index is 1370. The molecule has 0 unspecified atom stereocenters. The van der Waals surface area contributed by atoms with Gasteiger partial charge in [0.2, 0.25) is 5.91 Å². The van der Waals surface area contributed by atoms with Crippen molar-refractivity contribution in [3.05, 3.63) is 76.3 Å². The van der Waals surface area contributed by atoms with Gasteiger partial charge in [-0.05, 0) is 66.8 Å². The lowest BCUT2D eigenvalue weighted by Crippen LogP contribution is -2.38. The lowest BCUT2D eigenvalue weighted by molar-refractivity contribution is -0.114. The highest BCUT2D eigenvalue weighted by Crippen LogP contribution is 2.35. The maximum absolute atomic E-state index is 14.0. The highest BCUT2D eigenvalue weighted by molar-refractivity contribution is 7.93. The van der Waals surface area contributed by atoms with Crippen LogP contribution in [0.15, 0.2) is 59.5 Å². The van der Waals surface area contributed by atoms with E-state index in [1.807, 2.05) is 39.0 Å². The predicted molar refractivity (Wildman–Crippen MR) is 144 cm³/mol. The fourth-order valence-corrected chi connectivity index (χ4v) is 5.79. The molecule has 0 aliphatic carbocycles. The summed E-state index contributed by atoms with van der Waals surface area (Å²) in [5.74, 6) is 0.230. The highest BCUT2D eigenvalue weighted by Gasteiger charge is 2.31. The summed E-state index contributed by atoms with van der Waals surface area (Å²) in [6.45, 7) is 7.27. The van der Waals surface area contributed by atoms with Crippen LogP contribution in [0.3, 0.4) is 0 Å². The van der Waals surface area contributed by atoms with Gasteiger partial charge in [-0.1, -0.05) is 49.7 Å². The first-order chi connectivity index (χ1) is 17.0. The van der Waals surface area contributed by atoms with E-state index in [2.05, 4.69) is 5.32 Å². The van der Waals surface area contributed by atoms with Gasteiger partial charge in [0.1, 0.15) is 22.9 Å². The molecule has 0 spiro atoms. The van der Waals surface area contributed by atoms with E-state index in [1.165, 1.54) is 26.4 Å². The Hall–Kier alpha value is -3.23. The zero-order valence-electron chi connectivity index (χ0n) is 21.3. The second-order valence-corrected chi connectivity index (χ2v) is 11.0. The van der Waals surface area contributed by atoms with E-state index >= 15 is 0 Å². The fraction of sp³-hybridized carbons (Fsp3) is 0.296. The van der Waals surface area contributed by atoms with Gasteiger partial charge in [0, 0.05) is 5.69 Å². The third kappa shape index (κ3) is 5.77. The average Bonchev–Trinajstić information content (AvgIpc) is 2.83. The molecule has 0 atom stereocenters. The summed E-state index contributed by atoms with van der Waals surface area (Å²) >= 11 is 6.32. The molecule has 3 rings (SSSR count). The summed E-state index contributed by atoms with van der Waals surface area (Å²) < 4.78 is 39.5. The molecule has 0 heterocycles. The predicted octanol–water partition coefficient (Wildman–Crippen LogP) is 5.93. The zero-order chi connectivity index (χ0) is 26.6. The molecule has 0 bridgehead atoms. The van der Waals surface area contributed by atoms with Crippen LogP contribution < -0.4 is 19.1 Å². The molecule has 1 N–H and O–H groups in total. The fourth-order valence-electron chi connectivity index (χ4n) is 3.88. The third-order valence-electron chi connectivity index (χ3n) is 5.79. The second kappa shape index (κ2) is 11.2. The molecule has 0 saturated carbocycles. The van der Waals surface area contributed by atoms with Crippen LogP contribution in [0.1, 0.15) is 36.5 Å². The quantitative estimate of drug-likeness (QED) is 0.370. The lowest BCUT2D eigenvalue weighted by atomic mass is 9.98. The summed E-state index contributed by atoms with van der Waals surface area (Å²) in [5, 5.41) is 3.14. The molecule has 36 heavy (non-hydrogen) atoms. The Morgan fingerprint density at radius 1 is 1.00 bits per heavy atom. The Morgan fingerprint density at radius 3 is 2.28 bits per heavy atom. The van der Waals surface area contributed by atoms with Crippen LogP contribution in [0.5, 0.6) is 11.5 Å². The normalized spacial score (nSPS) is 11.3. The van der Waals surface area contributed by atoms with Crippen molar-refractivity contribution in [1.29, 1.82) is 0 Å². The first-order valence-corrected chi connectivity index (χ1v) is 13.2. The summed E-state index contributed by atoms with van der Waals surface area (Å²) in [5.41, 5.74) is 3.47. The van der Waals surface area contributed by atoms with Crippen LogP contribution in [0.4, 0.5) is 11.4 Å². The van der Waals surface area contributed by atoms with Crippen molar-refractivity contribution in [2.24, 2.45) is 0 Å². The van der Waals surface area contributed by atoms with Gasteiger partial charge in [0.05, 0.1) is 24.9 Å². The maximum Gasteiger partial charge on any atom is 0.268 e. The molecule has 0 fully saturated rings. The van der Waals surface area contributed by atoms with Gasteiger partial charge < -0.3 is 14.8 Å². The summed E-state index contributed by atoms with van der Waals surface area (Å²) in [6, 6.07) is 15.2. The van der Waals surface area contributed by atoms with Crippen LogP contribution in [-0.2, 0) is 14.8 Å². The number of carbonyl (C=O) groups excluding carboxylic acids is 1. The molecule has 3 aromatic carbocycles. The standard InChI is InChI=1S/C27H31ClN2O5S/c1-17(2)21-9-7-8-19(4)27(21)29-26(31)16-30(20-11-13-23(34-5)22(28)15-20)36(32,33)25-14-18(3)10-12-24(25)35-6/h7-15,17H,16H2,1-6H3,(H,29,31). The van der Waals surface area contributed by atoms with Crippen molar-refractivity contribution in [1.82, 2.24) is 0 Å². The number of hydrogen-bond acceptors (Lipinski definition) is 5. The minimum atomic E-state index is -4.23. The van der Waals surface area contributed by atoms with Crippen LogP contribution >= 0.6 is 11.6 Å². The monoisotopic (exact) mass is 530 g/mol. The number of carbonyl (C=O) groups is 1. The van der Waals surface area contributed by atoms with Gasteiger partial charge in [-0.15, -0.1) is 0 Å². The summed E-state index contributed by atoms with van der Waals surface area (Å²) in [6.07, 6.45) is 0. The topological polar surface area (TPSA) is 84.9 Å².